The fourth-order valence-electron chi connectivity index (χ4n) is 2.32. The number of aliphatic hydroxyl groups is 2. The number of aromatic nitrogens is 1. The van der Waals surface area contributed by atoms with Crippen molar-refractivity contribution in [1.82, 2.24) is 9.88 Å². The Labute approximate surface area is 108 Å². The summed E-state index contributed by atoms with van der Waals surface area (Å²) in [5, 5.41) is 18.1. The molecule has 0 spiro atoms. The molecule has 2 rings (SSSR count). The van der Waals surface area contributed by atoms with Crippen molar-refractivity contribution in [1.29, 1.82) is 0 Å². The van der Waals surface area contributed by atoms with Crippen molar-refractivity contribution in [2.24, 2.45) is 0 Å². The number of β-amino-alcohol motifs (C(OH)–C–C–N with tert-alkyl or cyclic N) is 1. The van der Waals surface area contributed by atoms with Gasteiger partial charge in [0, 0.05) is 38.4 Å². The lowest BCUT2D eigenvalue weighted by Gasteiger charge is -2.35. The highest BCUT2D eigenvalue weighted by Crippen LogP contribution is 2.17. The molecule has 0 amide bonds. The third kappa shape index (κ3) is 3.19. The van der Waals surface area contributed by atoms with Crippen LogP contribution in [0.2, 0.25) is 0 Å². The van der Waals surface area contributed by atoms with Gasteiger partial charge in [-0.1, -0.05) is 0 Å². The molecular formula is C13H21N3O2. The molecule has 0 atom stereocenters. The summed E-state index contributed by atoms with van der Waals surface area (Å²) < 4.78 is 0. The first-order valence-corrected chi connectivity index (χ1v) is 6.39. The van der Waals surface area contributed by atoms with Crippen molar-refractivity contribution in [3.05, 3.63) is 23.4 Å². The minimum atomic E-state index is 0.0564. The molecule has 1 aromatic heterocycles. The summed E-state index contributed by atoms with van der Waals surface area (Å²) in [5.41, 5.74) is 1.85. The molecule has 1 aromatic rings. The zero-order valence-corrected chi connectivity index (χ0v) is 10.8. The molecule has 0 radical (unpaired) electrons. The Hall–Kier alpha value is -1.17. The van der Waals surface area contributed by atoms with Crippen LogP contribution >= 0.6 is 0 Å². The number of pyridine rings is 1. The van der Waals surface area contributed by atoms with Crippen molar-refractivity contribution in [2.75, 3.05) is 44.2 Å². The van der Waals surface area contributed by atoms with Crippen LogP contribution in [0.5, 0.6) is 0 Å². The Bertz CT molecular complexity index is 390. The van der Waals surface area contributed by atoms with E-state index in [0.29, 0.717) is 0 Å². The Balaban J connectivity index is 2.02. The molecule has 1 saturated heterocycles. The second-order valence-electron chi connectivity index (χ2n) is 4.69. The molecule has 5 nitrogen and oxygen atoms in total. The van der Waals surface area contributed by atoms with Gasteiger partial charge in [0.1, 0.15) is 5.82 Å². The lowest BCUT2D eigenvalue weighted by Crippen LogP contribution is -2.47. The van der Waals surface area contributed by atoms with Crippen LogP contribution in [-0.2, 0) is 6.61 Å². The number of nitrogens with zero attached hydrogens (tertiary/aromatic N) is 3. The molecule has 100 valence electrons. The zero-order chi connectivity index (χ0) is 13.0. The summed E-state index contributed by atoms with van der Waals surface area (Å²) in [7, 11) is 0. The topological polar surface area (TPSA) is 59.8 Å². The van der Waals surface area contributed by atoms with Crippen LogP contribution in [0.3, 0.4) is 0 Å². The van der Waals surface area contributed by atoms with E-state index in [-0.39, 0.29) is 13.2 Å². The van der Waals surface area contributed by atoms with E-state index in [1.807, 2.05) is 19.1 Å². The lowest BCUT2D eigenvalue weighted by atomic mass is 10.2. The predicted molar refractivity (Wildman–Crippen MR) is 70.6 cm³/mol. The highest BCUT2D eigenvalue weighted by Gasteiger charge is 2.17. The van der Waals surface area contributed by atoms with Gasteiger partial charge in [0.15, 0.2) is 0 Å². The Morgan fingerprint density at radius 3 is 2.50 bits per heavy atom. The Morgan fingerprint density at radius 2 is 1.89 bits per heavy atom. The molecule has 1 aliphatic rings. The van der Waals surface area contributed by atoms with E-state index in [1.165, 1.54) is 0 Å². The molecule has 2 heterocycles. The first kappa shape index (κ1) is 13.3. The molecule has 0 unspecified atom stereocenters. The van der Waals surface area contributed by atoms with E-state index < -0.39 is 0 Å². The summed E-state index contributed by atoms with van der Waals surface area (Å²) in [6, 6.07) is 3.86. The molecule has 0 bridgehead atoms. The highest BCUT2D eigenvalue weighted by atomic mass is 16.3. The summed E-state index contributed by atoms with van der Waals surface area (Å²) in [5.74, 6) is 0.947. The number of piperazine rings is 1. The van der Waals surface area contributed by atoms with Gasteiger partial charge in [-0.15, -0.1) is 0 Å². The van der Waals surface area contributed by atoms with Crippen molar-refractivity contribution in [2.45, 2.75) is 13.5 Å². The van der Waals surface area contributed by atoms with Crippen LogP contribution in [0.1, 0.15) is 11.3 Å². The van der Waals surface area contributed by atoms with Gasteiger partial charge >= 0.3 is 0 Å². The molecule has 1 fully saturated rings. The SMILES string of the molecule is Cc1cc(CO)cc(N2CCN(CCO)CC2)n1. The van der Waals surface area contributed by atoms with E-state index in [1.54, 1.807) is 0 Å². The number of hydrogen-bond acceptors (Lipinski definition) is 5. The standard InChI is InChI=1S/C13H21N3O2/c1-11-8-12(10-18)9-13(14-11)16-4-2-15(3-5-16)6-7-17/h8-9,17-18H,2-7,10H2,1H3. The average molecular weight is 251 g/mol. The summed E-state index contributed by atoms with van der Waals surface area (Å²) >= 11 is 0. The average Bonchev–Trinajstić information content (AvgIpc) is 2.39. The van der Waals surface area contributed by atoms with Crippen molar-refractivity contribution in [3.63, 3.8) is 0 Å². The minimum absolute atomic E-state index is 0.0564. The molecular weight excluding hydrogens is 230 g/mol. The van der Waals surface area contributed by atoms with Gasteiger partial charge in [-0.05, 0) is 24.6 Å². The molecule has 1 aliphatic heterocycles. The maximum atomic E-state index is 9.21. The Morgan fingerprint density at radius 1 is 1.17 bits per heavy atom. The summed E-state index contributed by atoms with van der Waals surface area (Å²) in [6.45, 7) is 6.71. The quantitative estimate of drug-likeness (QED) is 0.788. The molecule has 5 heteroatoms. The van der Waals surface area contributed by atoms with E-state index in [4.69, 9.17) is 5.11 Å². The molecule has 0 aromatic carbocycles. The lowest BCUT2D eigenvalue weighted by molar-refractivity contribution is 0.188. The third-order valence-electron chi connectivity index (χ3n) is 3.29. The fraction of sp³-hybridized carbons (Fsp3) is 0.615. The number of hydrogen-bond donors (Lipinski definition) is 2. The molecule has 0 saturated carbocycles. The number of aliphatic hydroxyl groups excluding tert-OH is 2. The monoisotopic (exact) mass is 251 g/mol. The minimum Gasteiger partial charge on any atom is -0.395 e. The van der Waals surface area contributed by atoms with Crippen LogP contribution < -0.4 is 4.90 Å². The molecule has 2 N–H and O–H groups in total. The maximum Gasteiger partial charge on any atom is 0.129 e. The number of anilines is 1. The number of rotatable bonds is 4. The number of aryl methyl sites for hydroxylation is 1. The van der Waals surface area contributed by atoms with E-state index in [9.17, 15) is 5.11 Å². The molecule has 18 heavy (non-hydrogen) atoms. The fourth-order valence-corrected chi connectivity index (χ4v) is 2.32. The van der Waals surface area contributed by atoms with Gasteiger partial charge in [0.2, 0.25) is 0 Å². The van der Waals surface area contributed by atoms with Crippen LogP contribution in [-0.4, -0.2) is 59.4 Å². The van der Waals surface area contributed by atoms with Crippen LogP contribution in [0, 0.1) is 6.92 Å². The first-order valence-electron chi connectivity index (χ1n) is 6.39. The summed E-state index contributed by atoms with van der Waals surface area (Å²) in [6.07, 6.45) is 0. The van der Waals surface area contributed by atoms with E-state index >= 15 is 0 Å². The van der Waals surface area contributed by atoms with Crippen LogP contribution in [0.15, 0.2) is 12.1 Å². The van der Waals surface area contributed by atoms with Gasteiger partial charge in [-0.3, -0.25) is 4.90 Å². The second-order valence-corrected chi connectivity index (χ2v) is 4.69. The van der Waals surface area contributed by atoms with E-state index in [2.05, 4.69) is 14.8 Å². The van der Waals surface area contributed by atoms with Gasteiger partial charge in [0.25, 0.3) is 0 Å². The normalized spacial score (nSPS) is 17.2. The van der Waals surface area contributed by atoms with Crippen molar-refractivity contribution in [3.8, 4) is 0 Å². The first-order chi connectivity index (χ1) is 8.72. The van der Waals surface area contributed by atoms with Gasteiger partial charge in [-0.25, -0.2) is 4.98 Å². The van der Waals surface area contributed by atoms with Crippen molar-refractivity contribution >= 4 is 5.82 Å². The van der Waals surface area contributed by atoms with Crippen LogP contribution in [0.25, 0.3) is 0 Å². The van der Waals surface area contributed by atoms with Gasteiger partial charge in [-0.2, -0.15) is 0 Å². The smallest absolute Gasteiger partial charge is 0.129 e. The summed E-state index contributed by atoms with van der Waals surface area (Å²) in [4.78, 5) is 9.01. The highest BCUT2D eigenvalue weighted by molar-refractivity contribution is 5.43. The van der Waals surface area contributed by atoms with Crippen LogP contribution in [0.4, 0.5) is 5.82 Å². The maximum absolute atomic E-state index is 9.21. The van der Waals surface area contributed by atoms with Gasteiger partial charge < -0.3 is 15.1 Å². The van der Waals surface area contributed by atoms with Gasteiger partial charge in [0.05, 0.1) is 13.2 Å². The zero-order valence-electron chi connectivity index (χ0n) is 10.8. The third-order valence-corrected chi connectivity index (χ3v) is 3.29. The second kappa shape index (κ2) is 6.13. The molecule has 0 aliphatic carbocycles. The van der Waals surface area contributed by atoms with Crippen molar-refractivity contribution < 1.29 is 10.2 Å². The van der Waals surface area contributed by atoms with E-state index in [0.717, 1.165) is 49.8 Å². The predicted octanol–water partition coefficient (Wildman–Crippen LogP) is -0.00338. The Kier molecular flexibility index (Phi) is 4.52. The largest absolute Gasteiger partial charge is 0.395 e.